The molecule has 17 rings (SSSR count). The first-order valence-corrected chi connectivity index (χ1v) is 31.8. The molecule has 0 N–H and O–H groups in total. The maximum absolute atomic E-state index is 7.04. The minimum absolute atomic E-state index is 0.000150. The van der Waals surface area contributed by atoms with Crippen molar-refractivity contribution in [2.24, 2.45) is 0 Å². The van der Waals surface area contributed by atoms with Crippen LogP contribution in [0.15, 0.2) is 132 Å². The molecule has 8 aromatic carbocycles. The Labute approximate surface area is 489 Å². The average Bonchev–Trinajstić information content (AvgIpc) is 1.25. The Balaban J connectivity index is 1.10. The van der Waals surface area contributed by atoms with E-state index in [9.17, 15) is 0 Å². The predicted molar refractivity (Wildman–Crippen MR) is 351 cm³/mol. The molecule has 4 nitrogen and oxygen atoms in total. The quantitative estimate of drug-likeness (QED) is 0.153. The zero-order chi connectivity index (χ0) is 56.3. The number of hydrogen-bond donors (Lipinski definition) is 0. The summed E-state index contributed by atoms with van der Waals surface area (Å²) in [5, 5.41) is 4.99. The molecule has 3 atom stereocenters. The second-order valence-corrected chi connectivity index (χ2v) is 31.3. The van der Waals surface area contributed by atoms with Crippen LogP contribution in [0.3, 0.4) is 0 Å². The number of benzene rings is 8. The lowest BCUT2D eigenvalue weighted by molar-refractivity contribution is 0.195. The van der Waals surface area contributed by atoms with Crippen LogP contribution in [0, 0.1) is 6.92 Å². The SMILES string of the molecule is Cc1cc2c3cc1N1c4cc5c(cc4B4c6cc7c(cc6N(c6cccc8sc9ccccc9c68)c6cc(cc1c64)N1c4cc(c(C(C)(C)C)cc4C4(C)CCCCC14C)C3(C)CCC2(C)C)C(C)(C)CCC7(C)C)oc1ccccc15. The van der Waals surface area contributed by atoms with Crippen molar-refractivity contribution < 1.29 is 4.42 Å². The van der Waals surface area contributed by atoms with Gasteiger partial charge in [0.1, 0.15) is 11.2 Å². The molecular weight excluding hydrogens is 1010 g/mol. The smallest absolute Gasteiger partial charge is 0.252 e. The van der Waals surface area contributed by atoms with Crippen molar-refractivity contribution in [1.82, 2.24) is 0 Å². The third-order valence-electron chi connectivity index (χ3n) is 23.2. The number of rotatable bonds is 1. The van der Waals surface area contributed by atoms with E-state index in [0.717, 1.165) is 48.7 Å². The number of aryl methyl sites for hydroxylation is 1. The number of para-hydroxylation sites is 1. The number of nitrogens with zero attached hydrogens (tertiary/aromatic N) is 3. The summed E-state index contributed by atoms with van der Waals surface area (Å²) in [4.78, 5) is 8.51. The summed E-state index contributed by atoms with van der Waals surface area (Å²) in [5.41, 5.74) is 27.5. The molecule has 4 aliphatic heterocycles. The monoisotopic (exact) mass is 1090 g/mol. The molecule has 10 aromatic rings. The molecule has 2 aromatic heterocycles. The standard InChI is InChI=1S/C76H76BN3OS/c1-43-33-49-53-40-58(43)79-60-36-47-45-21-14-16-24-64(45)81-65(47)42-56(60)77-55-38-50-51(72(7,8)30-29-71(50,5)6)39-61(55)78(57-23-20-26-67-68(57)46-22-15-17-25-66(46)82-67)62-34-44(35-63(79)69(62)77)80-59-41-52(74(53,11)32-31-73(49,9)10)48(70(2,3)4)37-54(59)75(12)27-18-19-28-76(75,80)13/h14-17,20-26,33-42H,18-19,27-32H2,1-13H3. The first-order valence-electron chi connectivity index (χ1n) is 31.0. The fraction of sp³-hybridized carbons (Fsp3) is 0.368. The summed E-state index contributed by atoms with van der Waals surface area (Å²) in [6, 6.07) is 51.7. The highest BCUT2D eigenvalue weighted by molar-refractivity contribution is 7.26. The van der Waals surface area contributed by atoms with E-state index in [0.29, 0.717) is 0 Å². The van der Waals surface area contributed by atoms with Crippen LogP contribution in [-0.2, 0) is 32.5 Å². The molecule has 6 heteroatoms. The van der Waals surface area contributed by atoms with E-state index in [2.05, 4.69) is 232 Å². The fourth-order valence-corrected chi connectivity index (χ4v) is 19.3. The third-order valence-corrected chi connectivity index (χ3v) is 24.3. The lowest BCUT2D eigenvalue weighted by Gasteiger charge is -2.51. The molecule has 0 spiro atoms. The molecule has 7 aliphatic rings. The Morgan fingerprint density at radius 2 is 1.09 bits per heavy atom. The minimum Gasteiger partial charge on any atom is -0.456 e. The van der Waals surface area contributed by atoms with Crippen molar-refractivity contribution in [2.75, 3.05) is 14.7 Å². The lowest BCUT2D eigenvalue weighted by Crippen LogP contribution is -2.62. The van der Waals surface area contributed by atoms with Crippen LogP contribution in [0.5, 0.6) is 0 Å². The molecule has 0 saturated heterocycles. The van der Waals surface area contributed by atoms with E-state index in [-0.39, 0.29) is 44.7 Å². The van der Waals surface area contributed by atoms with Crippen molar-refractivity contribution in [3.05, 3.63) is 172 Å². The Kier molecular flexibility index (Phi) is 9.54. The van der Waals surface area contributed by atoms with E-state index in [1.165, 1.54) is 146 Å². The largest absolute Gasteiger partial charge is 0.456 e. The molecule has 0 amide bonds. The number of anilines is 8. The van der Waals surface area contributed by atoms with Gasteiger partial charge in [-0.1, -0.05) is 150 Å². The Morgan fingerprint density at radius 1 is 0.476 bits per heavy atom. The third kappa shape index (κ3) is 6.15. The predicted octanol–water partition coefficient (Wildman–Crippen LogP) is 19.4. The molecule has 6 bridgehead atoms. The first kappa shape index (κ1) is 49.8. The van der Waals surface area contributed by atoms with Crippen LogP contribution in [0.2, 0.25) is 0 Å². The lowest BCUT2D eigenvalue weighted by atomic mass is 9.33. The van der Waals surface area contributed by atoms with Gasteiger partial charge in [-0.2, -0.15) is 0 Å². The van der Waals surface area contributed by atoms with Crippen LogP contribution < -0.4 is 31.1 Å². The van der Waals surface area contributed by atoms with Crippen molar-refractivity contribution >= 4 is 122 Å². The second-order valence-electron chi connectivity index (χ2n) is 30.2. The van der Waals surface area contributed by atoms with Crippen molar-refractivity contribution in [2.45, 2.75) is 179 Å². The summed E-state index contributed by atoms with van der Waals surface area (Å²) in [7, 11) is 0. The maximum Gasteiger partial charge on any atom is 0.252 e. The van der Waals surface area contributed by atoms with Gasteiger partial charge in [0.25, 0.3) is 6.71 Å². The zero-order valence-electron chi connectivity index (χ0n) is 50.5. The molecule has 3 unspecified atom stereocenters. The van der Waals surface area contributed by atoms with Gasteiger partial charge < -0.3 is 19.1 Å². The van der Waals surface area contributed by atoms with Crippen LogP contribution in [0.4, 0.5) is 45.5 Å². The van der Waals surface area contributed by atoms with Crippen molar-refractivity contribution in [3.63, 3.8) is 0 Å². The highest BCUT2D eigenvalue weighted by Gasteiger charge is 2.60. The van der Waals surface area contributed by atoms with Crippen molar-refractivity contribution in [3.8, 4) is 0 Å². The van der Waals surface area contributed by atoms with Gasteiger partial charge >= 0.3 is 0 Å². The molecule has 82 heavy (non-hydrogen) atoms. The van der Waals surface area contributed by atoms with E-state index in [1.807, 2.05) is 11.3 Å². The number of hydrogen-bond acceptors (Lipinski definition) is 5. The van der Waals surface area contributed by atoms with Gasteiger partial charge in [-0.05, 0) is 202 Å². The molecule has 3 aliphatic carbocycles. The normalized spacial score (nSPS) is 23.9. The van der Waals surface area contributed by atoms with Crippen LogP contribution >= 0.6 is 11.3 Å². The van der Waals surface area contributed by atoms with E-state index < -0.39 is 0 Å². The molecule has 1 saturated carbocycles. The summed E-state index contributed by atoms with van der Waals surface area (Å²) in [6.07, 6.45) is 9.26. The van der Waals surface area contributed by atoms with Crippen LogP contribution in [-0.4, -0.2) is 12.3 Å². The van der Waals surface area contributed by atoms with Crippen molar-refractivity contribution in [1.29, 1.82) is 0 Å². The summed E-state index contributed by atoms with van der Waals surface area (Å²) < 4.78 is 9.69. The van der Waals surface area contributed by atoms with Gasteiger partial charge in [0.05, 0.1) is 11.2 Å². The fourth-order valence-electron chi connectivity index (χ4n) is 18.2. The van der Waals surface area contributed by atoms with Gasteiger partial charge in [0, 0.05) is 81.6 Å². The molecular formula is C76H76BN3OS. The molecule has 410 valence electrons. The van der Waals surface area contributed by atoms with E-state index in [4.69, 9.17) is 4.42 Å². The summed E-state index contributed by atoms with van der Waals surface area (Å²) >= 11 is 1.93. The van der Waals surface area contributed by atoms with Gasteiger partial charge in [0.15, 0.2) is 0 Å². The summed E-state index contributed by atoms with van der Waals surface area (Å²) in [5.74, 6) is 0. The molecule has 1 fully saturated rings. The maximum atomic E-state index is 7.04. The summed E-state index contributed by atoms with van der Waals surface area (Å²) in [6.45, 7) is 32.8. The van der Waals surface area contributed by atoms with E-state index in [1.54, 1.807) is 5.56 Å². The highest BCUT2D eigenvalue weighted by atomic mass is 32.1. The van der Waals surface area contributed by atoms with E-state index >= 15 is 0 Å². The second kappa shape index (κ2) is 15.7. The Morgan fingerprint density at radius 3 is 1.84 bits per heavy atom. The average molecular weight is 1090 g/mol. The number of thiophene rings is 1. The van der Waals surface area contributed by atoms with Crippen LogP contribution in [0.25, 0.3) is 42.1 Å². The Hall–Kier alpha value is -6.76. The van der Waals surface area contributed by atoms with Gasteiger partial charge in [0.2, 0.25) is 0 Å². The van der Waals surface area contributed by atoms with Gasteiger partial charge in [-0.3, -0.25) is 0 Å². The molecule has 0 radical (unpaired) electrons. The minimum atomic E-state index is -0.248. The van der Waals surface area contributed by atoms with Gasteiger partial charge in [-0.15, -0.1) is 11.3 Å². The number of fused-ring (bicyclic) bond motifs is 21. The highest BCUT2D eigenvalue weighted by Crippen LogP contribution is 2.65. The Bertz CT molecular complexity index is 4540. The first-order chi connectivity index (χ1) is 39.0. The van der Waals surface area contributed by atoms with Crippen LogP contribution in [0.1, 0.15) is 179 Å². The molecule has 6 heterocycles. The van der Waals surface area contributed by atoms with Gasteiger partial charge in [-0.25, -0.2) is 0 Å². The zero-order valence-corrected chi connectivity index (χ0v) is 51.3. The topological polar surface area (TPSA) is 22.9 Å². The number of furan rings is 1.